The predicted molar refractivity (Wildman–Crippen MR) is 135 cm³/mol. The number of benzene rings is 2. The molecular weight excluding hydrogens is 426 g/mol. The molecule has 2 aromatic carbocycles. The molecule has 1 saturated heterocycles. The summed E-state index contributed by atoms with van der Waals surface area (Å²) in [5.74, 6) is 1.32. The van der Waals surface area contributed by atoms with E-state index in [0.717, 1.165) is 43.4 Å². The lowest BCUT2D eigenvalue weighted by atomic mass is 9.72. The molecule has 6 nitrogen and oxygen atoms in total. The van der Waals surface area contributed by atoms with Crippen LogP contribution >= 0.6 is 0 Å². The van der Waals surface area contributed by atoms with Gasteiger partial charge in [-0.1, -0.05) is 42.5 Å². The van der Waals surface area contributed by atoms with Gasteiger partial charge in [0.2, 0.25) is 0 Å². The number of methoxy groups -OCH3 is 2. The first-order valence-corrected chi connectivity index (χ1v) is 12.4. The molecule has 1 unspecified atom stereocenters. The summed E-state index contributed by atoms with van der Waals surface area (Å²) in [7, 11) is 3.39. The molecule has 1 heterocycles. The van der Waals surface area contributed by atoms with Crippen molar-refractivity contribution in [2.24, 2.45) is 5.73 Å². The first kappa shape index (κ1) is 24.6. The first-order valence-electron chi connectivity index (χ1n) is 12.4. The number of nitrogens with two attached hydrogens (primary N) is 1. The number of amides is 2. The van der Waals surface area contributed by atoms with Gasteiger partial charge >= 0.3 is 6.03 Å². The van der Waals surface area contributed by atoms with E-state index in [4.69, 9.17) is 15.2 Å². The Kier molecular flexibility index (Phi) is 7.20. The largest absolute Gasteiger partial charge is 0.497 e. The molecule has 1 aliphatic heterocycles. The van der Waals surface area contributed by atoms with E-state index >= 15 is 0 Å². The van der Waals surface area contributed by atoms with Crippen LogP contribution in [-0.2, 0) is 11.3 Å². The van der Waals surface area contributed by atoms with Crippen LogP contribution in [0.3, 0.4) is 0 Å². The minimum absolute atomic E-state index is 0.0355. The molecule has 1 aliphatic carbocycles. The average molecular weight is 466 g/mol. The molecule has 1 spiro atoms. The lowest BCUT2D eigenvalue weighted by Gasteiger charge is -2.45. The number of urea groups is 1. The molecule has 34 heavy (non-hydrogen) atoms. The van der Waals surface area contributed by atoms with Gasteiger partial charge in [-0.2, -0.15) is 0 Å². The Morgan fingerprint density at radius 1 is 1.03 bits per heavy atom. The summed E-state index contributed by atoms with van der Waals surface area (Å²) in [5, 5.41) is 0. The Morgan fingerprint density at radius 3 is 2.26 bits per heavy atom. The van der Waals surface area contributed by atoms with Gasteiger partial charge in [-0.25, -0.2) is 4.79 Å². The molecular formula is C28H39N3O3. The Hall–Kier alpha value is -2.57. The molecule has 2 amide bonds. The van der Waals surface area contributed by atoms with Crippen LogP contribution in [-0.4, -0.2) is 53.9 Å². The molecule has 6 heteroatoms. The molecule has 2 fully saturated rings. The highest BCUT2D eigenvalue weighted by Crippen LogP contribution is 2.47. The van der Waals surface area contributed by atoms with Crippen molar-refractivity contribution in [2.45, 2.75) is 75.7 Å². The van der Waals surface area contributed by atoms with Gasteiger partial charge in [0.1, 0.15) is 11.9 Å². The van der Waals surface area contributed by atoms with Crippen molar-refractivity contribution in [3.8, 4) is 5.75 Å². The molecule has 1 saturated carbocycles. The van der Waals surface area contributed by atoms with E-state index in [9.17, 15) is 4.79 Å². The Labute approximate surface area is 204 Å². The zero-order valence-corrected chi connectivity index (χ0v) is 21.0. The van der Waals surface area contributed by atoms with E-state index in [-0.39, 0.29) is 23.3 Å². The second kappa shape index (κ2) is 9.96. The molecule has 4 rings (SSSR count). The number of carbonyl (C=O) groups excluding carboxylic acids is 1. The molecule has 2 N–H and O–H groups in total. The second-order valence-corrected chi connectivity index (χ2v) is 10.4. The van der Waals surface area contributed by atoms with E-state index in [1.165, 1.54) is 5.56 Å². The number of nitrogens with zero attached hydrogens (tertiary/aromatic N) is 2. The van der Waals surface area contributed by atoms with Crippen molar-refractivity contribution in [2.75, 3.05) is 20.8 Å². The predicted octanol–water partition coefficient (Wildman–Crippen LogP) is 5.13. The zero-order chi connectivity index (χ0) is 24.3. The highest BCUT2D eigenvalue weighted by atomic mass is 16.5. The van der Waals surface area contributed by atoms with Crippen LogP contribution in [0.15, 0.2) is 54.6 Å². The van der Waals surface area contributed by atoms with Gasteiger partial charge in [0.25, 0.3) is 0 Å². The second-order valence-electron chi connectivity index (χ2n) is 10.4. The van der Waals surface area contributed by atoms with Crippen LogP contribution in [0, 0.1) is 0 Å². The first-order chi connectivity index (χ1) is 16.3. The van der Waals surface area contributed by atoms with Crippen molar-refractivity contribution >= 4 is 6.03 Å². The Bertz CT molecular complexity index is 953. The van der Waals surface area contributed by atoms with E-state index in [1.807, 2.05) is 29.2 Å². The third kappa shape index (κ3) is 4.80. The average Bonchev–Trinajstić information content (AvgIpc) is 3.05. The van der Waals surface area contributed by atoms with Crippen LogP contribution in [0.25, 0.3) is 0 Å². The topological polar surface area (TPSA) is 68.0 Å². The highest BCUT2D eigenvalue weighted by molar-refractivity contribution is 5.79. The quantitative estimate of drug-likeness (QED) is 0.587. The third-order valence-electron chi connectivity index (χ3n) is 8.02. The lowest BCUT2D eigenvalue weighted by Crippen LogP contribution is -2.58. The number of hydrogen-bond donors (Lipinski definition) is 1. The Balaban J connectivity index is 1.57. The van der Waals surface area contributed by atoms with Gasteiger partial charge in [0.05, 0.1) is 18.2 Å². The fourth-order valence-electron chi connectivity index (χ4n) is 5.55. The van der Waals surface area contributed by atoms with Crippen LogP contribution in [0.2, 0.25) is 0 Å². The van der Waals surface area contributed by atoms with Gasteiger partial charge in [0.15, 0.2) is 0 Å². The number of hydrogen-bond acceptors (Lipinski definition) is 4. The summed E-state index contributed by atoms with van der Waals surface area (Å²) < 4.78 is 10.9. The molecule has 0 bridgehead atoms. The van der Waals surface area contributed by atoms with Crippen LogP contribution in [0.5, 0.6) is 5.75 Å². The number of carbonyl (C=O) groups is 1. The maximum absolute atomic E-state index is 13.8. The summed E-state index contributed by atoms with van der Waals surface area (Å²) in [6, 6.07) is 18.6. The van der Waals surface area contributed by atoms with Crippen molar-refractivity contribution < 1.29 is 14.3 Å². The molecule has 184 valence electrons. The van der Waals surface area contributed by atoms with Gasteiger partial charge in [-0.15, -0.1) is 0 Å². The van der Waals surface area contributed by atoms with Crippen molar-refractivity contribution in [1.82, 2.24) is 9.80 Å². The summed E-state index contributed by atoms with van der Waals surface area (Å²) in [5.41, 5.74) is 8.73. The van der Waals surface area contributed by atoms with Crippen molar-refractivity contribution in [3.05, 3.63) is 65.7 Å². The van der Waals surface area contributed by atoms with E-state index in [0.29, 0.717) is 19.0 Å². The van der Waals surface area contributed by atoms with Gasteiger partial charge < -0.3 is 25.0 Å². The van der Waals surface area contributed by atoms with E-state index in [1.54, 1.807) is 14.2 Å². The molecule has 2 aromatic rings. The third-order valence-corrected chi connectivity index (χ3v) is 8.02. The molecule has 1 atom stereocenters. The monoisotopic (exact) mass is 465 g/mol. The smallest absolute Gasteiger partial charge is 0.322 e. The maximum atomic E-state index is 13.8. The summed E-state index contributed by atoms with van der Waals surface area (Å²) in [6.07, 6.45) is 4.31. The van der Waals surface area contributed by atoms with Crippen LogP contribution in [0.4, 0.5) is 4.79 Å². The van der Waals surface area contributed by atoms with Gasteiger partial charge in [-0.05, 0) is 75.1 Å². The minimum atomic E-state index is -0.349. The zero-order valence-electron chi connectivity index (χ0n) is 21.0. The Morgan fingerprint density at radius 2 is 1.68 bits per heavy atom. The van der Waals surface area contributed by atoms with E-state index in [2.05, 4.69) is 49.1 Å². The summed E-state index contributed by atoms with van der Waals surface area (Å²) >= 11 is 0. The summed E-state index contributed by atoms with van der Waals surface area (Å²) in [4.78, 5) is 17.7. The maximum Gasteiger partial charge on any atom is 0.322 e. The van der Waals surface area contributed by atoms with Crippen LogP contribution in [0.1, 0.15) is 63.0 Å². The van der Waals surface area contributed by atoms with Crippen molar-refractivity contribution in [3.63, 3.8) is 0 Å². The van der Waals surface area contributed by atoms with Gasteiger partial charge in [-0.3, -0.25) is 0 Å². The van der Waals surface area contributed by atoms with Gasteiger partial charge in [0, 0.05) is 20.2 Å². The number of rotatable bonds is 8. The standard InChI is InChI=1S/C28H39N3O3/c1-27(2,34-4)18-19-31-26(32)30(20-21-10-12-24(33-3)13-11-21)25(29)28(31)16-14-23(15-17-28)22-8-6-5-7-9-22/h5-13,23,25H,14-20,29H2,1-4H3. The molecule has 0 aromatic heterocycles. The van der Waals surface area contributed by atoms with Crippen molar-refractivity contribution in [1.29, 1.82) is 0 Å². The van der Waals surface area contributed by atoms with Crippen LogP contribution < -0.4 is 10.5 Å². The fourth-order valence-corrected chi connectivity index (χ4v) is 5.55. The SMILES string of the molecule is COc1ccc(CN2C(=O)N(CCC(C)(C)OC)C3(CCC(c4ccccc4)CC3)C2N)cc1. The normalized spacial score (nSPS) is 25.3. The minimum Gasteiger partial charge on any atom is -0.497 e. The van der Waals surface area contributed by atoms with E-state index < -0.39 is 0 Å². The fraction of sp³-hybridized carbons (Fsp3) is 0.536. The number of ether oxygens (including phenoxy) is 2. The highest BCUT2D eigenvalue weighted by Gasteiger charge is 2.56. The summed E-state index contributed by atoms with van der Waals surface area (Å²) in [6.45, 7) is 5.28. The molecule has 2 aliphatic rings. The lowest BCUT2D eigenvalue weighted by molar-refractivity contribution is -0.000943. The molecule has 0 radical (unpaired) electrons.